The fourth-order valence-electron chi connectivity index (χ4n) is 2.61. The molecule has 1 aromatic rings. The van der Waals surface area contributed by atoms with E-state index >= 15 is 0 Å². The Bertz CT molecular complexity index is 343. The van der Waals surface area contributed by atoms with Gasteiger partial charge in [-0.15, -0.1) is 0 Å². The molecule has 2 rings (SSSR count). The Labute approximate surface area is 97.5 Å². The molecule has 1 N–H and O–H groups in total. The van der Waals surface area contributed by atoms with Gasteiger partial charge in [0.25, 0.3) is 0 Å². The van der Waals surface area contributed by atoms with Crippen LogP contribution in [0.4, 0.5) is 0 Å². The highest BCUT2D eigenvalue weighted by Gasteiger charge is 2.33. The summed E-state index contributed by atoms with van der Waals surface area (Å²) in [6, 6.07) is 0.667. The van der Waals surface area contributed by atoms with Gasteiger partial charge in [-0.2, -0.15) is 5.10 Å². The Morgan fingerprint density at radius 2 is 2.38 bits per heavy atom. The first-order valence-electron chi connectivity index (χ1n) is 6.16. The Hall–Kier alpha value is -0.900. The second-order valence-corrected chi connectivity index (χ2v) is 5.44. The fraction of sp³-hybridized carbons (Fsp3) is 0.833. The van der Waals surface area contributed by atoms with E-state index < -0.39 is 0 Å². The highest BCUT2D eigenvalue weighted by molar-refractivity contribution is 4.91. The van der Waals surface area contributed by atoms with E-state index in [2.05, 4.69) is 29.2 Å². The largest absolute Gasteiger partial charge is 0.313 e. The van der Waals surface area contributed by atoms with E-state index in [-0.39, 0.29) is 0 Å². The van der Waals surface area contributed by atoms with Gasteiger partial charge >= 0.3 is 0 Å². The monoisotopic (exact) mass is 222 g/mol. The van der Waals surface area contributed by atoms with Gasteiger partial charge in [0.05, 0.1) is 0 Å². The maximum absolute atomic E-state index is 4.23. The molecule has 0 saturated heterocycles. The molecule has 1 atom stereocenters. The molecule has 1 saturated carbocycles. The zero-order valence-corrected chi connectivity index (χ0v) is 10.5. The van der Waals surface area contributed by atoms with Crippen molar-refractivity contribution in [2.75, 3.05) is 6.54 Å². The molecule has 1 aliphatic rings. The molecule has 0 aliphatic heterocycles. The second-order valence-electron chi connectivity index (χ2n) is 5.44. The molecule has 1 fully saturated rings. The number of nitrogens with one attached hydrogen (secondary N) is 1. The predicted octanol–water partition coefficient (Wildman–Crippen LogP) is 1.53. The summed E-state index contributed by atoms with van der Waals surface area (Å²) in [6.07, 6.45) is 6.59. The second kappa shape index (κ2) is 4.53. The summed E-state index contributed by atoms with van der Waals surface area (Å²) in [5.41, 5.74) is 0.458. The van der Waals surface area contributed by atoms with Crippen molar-refractivity contribution in [3.63, 3.8) is 0 Å². The summed E-state index contributed by atoms with van der Waals surface area (Å²) in [6.45, 7) is 5.72. The molecule has 16 heavy (non-hydrogen) atoms. The molecule has 0 spiro atoms. The molecule has 1 aromatic heterocycles. The summed E-state index contributed by atoms with van der Waals surface area (Å²) in [5, 5.41) is 7.73. The van der Waals surface area contributed by atoms with Crippen molar-refractivity contribution in [1.29, 1.82) is 0 Å². The third-order valence-electron chi connectivity index (χ3n) is 3.80. The van der Waals surface area contributed by atoms with Crippen molar-refractivity contribution in [2.45, 2.75) is 45.6 Å². The average molecular weight is 222 g/mol. The molecule has 1 aliphatic carbocycles. The SMILES string of the molecule is Cn1ncnc1CCNC1CCCC1(C)C. The lowest BCUT2D eigenvalue weighted by atomic mass is 9.87. The van der Waals surface area contributed by atoms with Crippen LogP contribution in [0.2, 0.25) is 0 Å². The molecule has 90 valence electrons. The highest BCUT2D eigenvalue weighted by atomic mass is 15.3. The lowest BCUT2D eigenvalue weighted by molar-refractivity contribution is 0.284. The fourth-order valence-corrected chi connectivity index (χ4v) is 2.61. The van der Waals surface area contributed by atoms with Crippen molar-refractivity contribution in [3.05, 3.63) is 12.2 Å². The minimum atomic E-state index is 0.458. The summed E-state index contributed by atoms with van der Waals surface area (Å²) in [5.74, 6) is 1.06. The minimum Gasteiger partial charge on any atom is -0.313 e. The maximum Gasteiger partial charge on any atom is 0.138 e. The van der Waals surface area contributed by atoms with Crippen LogP contribution in [0.1, 0.15) is 38.9 Å². The van der Waals surface area contributed by atoms with E-state index in [1.165, 1.54) is 19.3 Å². The van der Waals surface area contributed by atoms with Crippen LogP contribution in [0, 0.1) is 5.41 Å². The van der Waals surface area contributed by atoms with Gasteiger partial charge in [-0.25, -0.2) is 4.98 Å². The zero-order chi connectivity index (χ0) is 11.6. The summed E-state index contributed by atoms with van der Waals surface area (Å²) < 4.78 is 1.85. The van der Waals surface area contributed by atoms with Crippen molar-refractivity contribution < 1.29 is 0 Å². The number of aryl methyl sites for hydroxylation is 1. The first-order valence-corrected chi connectivity index (χ1v) is 6.16. The van der Waals surface area contributed by atoms with E-state index in [1.807, 2.05) is 11.7 Å². The van der Waals surface area contributed by atoms with E-state index in [0.717, 1.165) is 18.8 Å². The molecule has 0 amide bonds. The molecule has 4 heteroatoms. The molecular weight excluding hydrogens is 200 g/mol. The normalized spacial score (nSPS) is 23.8. The van der Waals surface area contributed by atoms with Crippen LogP contribution in [0.15, 0.2) is 6.33 Å². The van der Waals surface area contributed by atoms with Crippen LogP contribution >= 0.6 is 0 Å². The summed E-state index contributed by atoms with van der Waals surface area (Å²) in [4.78, 5) is 4.23. The Balaban J connectivity index is 1.78. The number of hydrogen-bond acceptors (Lipinski definition) is 3. The zero-order valence-electron chi connectivity index (χ0n) is 10.5. The van der Waals surface area contributed by atoms with Crippen LogP contribution in [0.5, 0.6) is 0 Å². The lowest BCUT2D eigenvalue weighted by Gasteiger charge is -2.27. The van der Waals surface area contributed by atoms with Crippen LogP contribution in [0.3, 0.4) is 0 Å². The van der Waals surface area contributed by atoms with Crippen LogP contribution in [-0.4, -0.2) is 27.4 Å². The number of nitrogens with zero attached hydrogens (tertiary/aromatic N) is 3. The number of rotatable bonds is 4. The van der Waals surface area contributed by atoms with E-state index in [0.29, 0.717) is 11.5 Å². The van der Waals surface area contributed by atoms with E-state index in [1.54, 1.807) is 6.33 Å². The van der Waals surface area contributed by atoms with Crippen LogP contribution in [0.25, 0.3) is 0 Å². The third-order valence-corrected chi connectivity index (χ3v) is 3.80. The Morgan fingerprint density at radius 3 is 2.94 bits per heavy atom. The average Bonchev–Trinajstić information content (AvgIpc) is 2.75. The van der Waals surface area contributed by atoms with Gasteiger partial charge in [-0.05, 0) is 18.3 Å². The number of aromatic nitrogens is 3. The van der Waals surface area contributed by atoms with Gasteiger partial charge in [0.15, 0.2) is 0 Å². The Morgan fingerprint density at radius 1 is 1.56 bits per heavy atom. The predicted molar refractivity (Wildman–Crippen MR) is 64.1 cm³/mol. The van der Waals surface area contributed by atoms with Crippen molar-refractivity contribution in [2.24, 2.45) is 12.5 Å². The standard InChI is InChI=1S/C12H22N4/c1-12(2)7-4-5-10(12)13-8-6-11-14-9-15-16(11)3/h9-10,13H,4-8H2,1-3H3. The first-order chi connectivity index (χ1) is 7.59. The van der Waals surface area contributed by atoms with Gasteiger partial charge in [0.2, 0.25) is 0 Å². The summed E-state index contributed by atoms with van der Waals surface area (Å²) >= 11 is 0. The summed E-state index contributed by atoms with van der Waals surface area (Å²) in [7, 11) is 1.95. The van der Waals surface area contributed by atoms with Crippen molar-refractivity contribution in [3.8, 4) is 0 Å². The highest BCUT2D eigenvalue weighted by Crippen LogP contribution is 2.36. The van der Waals surface area contributed by atoms with Crippen LogP contribution in [-0.2, 0) is 13.5 Å². The smallest absolute Gasteiger partial charge is 0.138 e. The van der Waals surface area contributed by atoms with Crippen molar-refractivity contribution in [1.82, 2.24) is 20.1 Å². The molecular formula is C12H22N4. The van der Waals surface area contributed by atoms with Gasteiger partial charge in [0, 0.05) is 26.1 Å². The van der Waals surface area contributed by atoms with Gasteiger partial charge in [0.1, 0.15) is 12.2 Å². The first kappa shape index (κ1) is 11.6. The molecule has 4 nitrogen and oxygen atoms in total. The van der Waals surface area contributed by atoms with Crippen molar-refractivity contribution >= 4 is 0 Å². The Kier molecular flexibility index (Phi) is 3.28. The lowest BCUT2D eigenvalue weighted by Crippen LogP contribution is -2.38. The van der Waals surface area contributed by atoms with E-state index in [9.17, 15) is 0 Å². The van der Waals surface area contributed by atoms with Gasteiger partial charge < -0.3 is 5.32 Å². The van der Waals surface area contributed by atoms with Gasteiger partial charge in [-0.1, -0.05) is 20.3 Å². The molecule has 0 radical (unpaired) electrons. The number of hydrogen-bond donors (Lipinski definition) is 1. The molecule has 1 heterocycles. The molecule has 0 aromatic carbocycles. The maximum atomic E-state index is 4.23. The topological polar surface area (TPSA) is 42.7 Å². The van der Waals surface area contributed by atoms with Crippen LogP contribution < -0.4 is 5.32 Å². The van der Waals surface area contributed by atoms with E-state index in [4.69, 9.17) is 0 Å². The molecule has 1 unspecified atom stereocenters. The minimum absolute atomic E-state index is 0.458. The third kappa shape index (κ3) is 2.43. The quantitative estimate of drug-likeness (QED) is 0.840. The van der Waals surface area contributed by atoms with Gasteiger partial charge in [-0.3, -0.25) is 4.68 Å². The molecule has 0 bridgehead atoms.